The summed E-state index contributed by atoms with van der Waals surface area (Å²) in [6.07, 6.45) is 0.308. The van der Waals surface area contributed by atoms with E-state index < -0.39 is 17.5 Å². The van der Waals surface area contributed by atoms with Crippen LogP contribution in [0.15, 0.2) is 6.20 Å². The molecule has 0 aromatic carbocycles. The average Bonchev–Trinajstić information content (AvgIpc) is 3.15. The zero-order valence-corrected chi connectivity index (χ0v) is 17.1. The molecule has 0 unspecified atom stereocenters. The maximum absolute atomic E-state index is 12.6. The van der Waals surface area contributed by atoms with Crippen molar-refractivity contribution in [3.63, 3.8) is 0 Å². The van der Waals surface area contributed by atoms with Gasteiger partial charge in [-0.1, -0.05) is 0 Å². The van der Waals surface area contributed by atoms with Crippen molar-refractivity contribution < 1.29 is 23.7 Å². The predicted molar refractivity (Wildman–Crippen MR) is 101 cm³/mol. The Labute approximate surface area is 164 Å². The Morgan fingerprint density at radius 2 is 2.04 bits per heavy atom. The normalized spacial score (nSPS) is 28.8. The van der Waals surface area contributed by atoms with Crippen LogP contribution in [-0.2, 0) is 18.9 Å². The Bertz CT molecular complexity index is 804. The second-order valence-electron chi connectivity index (χ2n) is 8.58. The van der Waals surface area contributed by atoms with Crippen LogP contribution in [0.2, 0.25) is 0 Å². The summed E-state index contributed by atoms with van der Waals surface area (Å²) in [5, 5.41) is 13.0. The summed E-state index contributed by atoms with van der Waals surface area (Å²) in [4.78, 5) is 12.6. The van der Waals surface area contributed by atoms with Crippen molar-refractivity contribution in [2.45, 2.75) is 70.3 Å². The molecule has 3 rings (SSSR count). The third-order valence-electron chi connectivity index (χ3n) is 4.73. The standard InChI is InChI=1S/C19H28N4O5/c1-18(2,3)28-17(24)23-8-10(13(21)12(23)7-20)14-16-15(11(22-14)9-25-6)26-19(4,5)27-16/h8,11,14-16,22H,9,21H2,1-6H3/t11-,14+,15-,16+/m1/s1. The van der Waals surface area contributed by atoms with Gasteiger partial charge in [0.1, 0.15) is 23.9 Å². The first-order chi connectivity index (χ1) is 13.0. The molecule has 0 radical (unpaired) electrons. The summed E-state index contributed by atoms with van der Waals surface area (Å²) < 4.78 is 24.0. The Kier molecular flexibility index (Phi) is 5.18. The molecule has 2 aliphatic rings. The molecule has 0 amide bonds. The number of hydrogen-bond donors (Lipinski definition) is 2. The number of hydrogen-bond acceptors (Lipinski definition) is 8. The van der Waals surface area contributed by atoms with E-state index in [4.69, 9.17) is 24.7 Å². The van der Waals surface area contributed by atoms with Crippen LogP contribution in [0.1, 0.15) is 51.9 Å². The molecular formula is C19H28N4O5. The molecule has 3 heterocycles. The SMILES string of the molecule is COC[C@H]1N[C@@H](c2cn(C(=O)OC(C)(C)C)c(C#N)c2N)[C@@H]2OC(C)(C)O[C@@H]21. The number of nitrogens with two attached hydrogens (primary N) is 1. The van der Waals surface area contributed by atoms with E-state index in [9.17, 15) is 10.1 Å². The van der Waals surface area contributed by atoms with Gasteiger partial charge in [-0.05, 0) is 34.6 Å². The first kappa shape index (κ1) is 20.6. The molecule has 2 saturated heterocycles. The molecule has 0 aliphatic carbocycles. The van der Waals surface area contributed by atoms with E-state index in [1.54, 1.807) is 34.1 Å². The fourth-order valence-corrected chi connectivity index (χ4v) is 3.75. The van der Waals surface area contributed by atoms with E-state index in [1.165, 1.54) is 0 Å². The topological polar surface area (TPSA) is 121 Å². The Morgan fingerprint density at radius 1 is 1.39 bits per heavy atom. The van der Waals surface area contributed by atoms with Gasteiger partial charge in [0.05, 0.1) is 24.4 Å². The monoisotopic (exact) mass is 392 g/mol. The van der Waals surface area contributed by atoms with Crippen molar-refractivity contribution in [2.75, 3.05) is 19.5 Å². The van der Waals surface area contributed by atoms with Gasteiger partial charge in [-0.25, -0.2) is 9.36 Å². The molecule has 4 atom stereocenters. The van der Waals surface area contributed by atoms with E-state index in [1.807, 2.05) is 19.9 Å². The number of carbonyl (C=O) groups excluding carboxylic acids is 1. The number of fused-ring (bicyclic) bond motifs is 1. The predicted octanol–water partition coefficient (Wildman–Crippen LogP) is 1.90. The van der Waals surface area contributed by atoms with Crippen molar-refractivity contribution in [2.24, 2.45) is 0 Å². The number of aromatic nitrogens is 1. The van der Waals surface area contributed by atoms with E-state index in [2.05, 4.69) is 5.32 Å². The number of rotatable bonds is 3. The molecule has 154 valence electrons. The molecule has 0 spiro atoms. The number of carbonyl (C=O) groups is 1. The lowest BCUT2D eigenvalue weighted by Gasteiger charge is -2.24. The molecule has 3 N–H and O–H groups in total. The lowest BCUT2D eigenvalue weighted by Crippen LogP contribution is -2.39. The fraction of sp³-hybridized carbons (Fsp3) is 0.684. The molecule has 0 bridgehead atoms. The highest BCUT2D eigenvalue weighted by atomic mass is 16.8. The summed E-state index contributed by atoms with van der Waals surface area (Å²) in [6.45, 7) is 9.40. The second-order valence-corrected chi connectivity index (χ2v) is 8.58. The van der Waals surface area contributed by atoms with Crippen LogP contribution < -0.4 is 11.1 Å². The largest absolute Gasteiger partial charge is 0.443 e. The van der Waals surface area contributed by atoms with Crippen LogP contribution in [0, 0.1) is 11.3 Å². The van der Waals surface area contributed by atoms with Gasteiger partial charge < -0.3 is 30.0 Å². The summed E-state index contributed by atoms with van der Waals surface area (Å²) in [5.74, 6) is -0.748. The maximum atomic E-state index is 12.6. The molecule has 9 nitrogen and oxygen atoms in total. The van der Waals surface area contributed by atoms with E-state index in [-0.39, 0.29) is 35.7 Å². The number of ether oxygens (including phenoxy) is 4. The number of anilines is 1. The van der Waals surface area contributed by atoms with Crippen LogP contribution in [0.3, 0.4) is 0 Å². The van der Waals surface area contributed by atoms with Crippen molar-refractivity contribution in [1.29, 1.82) is 5.26 Å². The van der Waals surface area contributed by atoms with Crippen LogP contribution in [0.4, 0.5) is 10.5 Å². The van der Waals surface area contributed by atoms with Crippen molar-refractivity contribution in [1.82, 2.24) is 9.88 Å². The van der Waals surface area contributed by atoms with Crippen LogP contribution in [0.25, 0.3) is 0 Å². The highest BCUT2D eigenvalue weighted by Crippen LogP contribution is 2.43. The molecule has 1 aromatic heterocycles. The first-order valence-corrected chi connectivity index (χ1v) is 9.22. The van der Waals surface area contributed by atoms with Gasteiger partial charge in [-0.3, -0.25) is 0 Å². The molecule has 0 saturated carbocycles. The lowest BCUT2D eigenvalue weighted by molar-refractivity contribution is -0.158. The van der Waals surface area contributed by atoms with Crippen LogP contribution in [0.5, 0.6) is 0 Å². The van der Waals surface area contributed by atoms with Crippen LogP contribution >= 0.6 is 0 Å². The van der Waals surface area contributed by atoms with Crippen molar-refractivity contribution >= 4 is 11.8 Å². The van der Waals surface area contributed by atoms with Gasteiger partial charge in [0.25, 0.3) is 0 Å². The summed E-state index contributed by atoms with van der Waals surface area (Å²) in [7, 11) is 1.62. The lowest BCUT2D eigenvalue weighted by atomic mass is 10.0. The van der Waals surface area contributed by atoms with E-state index in [0.29, 0.717) is 12.2 Å². The highest BCUT2D eigenvalue weighted by Gasteiger charge is 2.55. The smallest absolute Gasteiger partial charge is 0.419 e. The molecule has 9 heteroatoms. The number of nitrogens with zero attached hydrogens (tertiary/aromatic N) is 2. The molecular weight excluding hydrogens is 364 g/mol. The Hall–Kier alpha value is -2.12. The van der Waals surface area contributed by atoms with Gasteiger partial charge in [-0.2, -0.15) is 5.26 Å². The van der Waals surface area contributed by atoms with Gasteiger partial charge in [0.15, 0.2) is 11.5 Å². The minimum absolute atomic E-state index is 0.0379. The summed E-state index contributed by atoms with van der Waals surface area (Å²) >= 11 is 0. The van der Waals surface area contributed by atoms with Gasteiger partial charge in [0.2, 0.25) is 0 Å². The minimum Gasteiger partial charge on any atom is -0.443 e. The molecule has 2 fully saturated rings. The Balaban J connectivity index is 1.97. The highest BCUT2D eigenvalue weighted by molar-refractivity contribution is 5.77. The third kappa shape index (κ3) is 3.73. The van der Waals surface area contributed by atoms with Crippen LogP contribution in [-0.4, -0.2) is 54.0 Å². The fourth-order valence-electron chi connectivity index (χ4n) is 3.75. The van der Waals surface area contributed by atoms with E-state index in [0.717, 1.165) is 4.57 Å². The summed E-state index contributed by atoms with van der Waals surface area (Å²) in [5.41, 5.74) is 6.40. The van der Waals surface area contributed by atoms with Crippen molar-refractivity contribution in [3.05, 3.63) is 17.5 Å². The molecule has 2 aliphatic heterocycles. The second kappa shape index (κ2) is 7.04. The Morgan fingerprint density at radius 3 is 2.61 bits per heavy atom. The zero-order valence-electron chi connectivity index (χ0n) is 17.1. The summed E-state index contributed by atoms with van der Waals surface area (Å²) in [6, 6.07) is 1.53. The van der Waals surface area contributed by atoms with Gasteiger partial charge in [0, 0.05) is 18.9 Å². The molecule has 1 aromatic rings. The third-order valence-corrected chi connectivity index (χ3v) is 4.73. The quantitative estimate of drug-likeness (QED) is 0.800. The number of nitriles is 1. The number of nitrogen functional groups attached to an aromatic ring is 1. The molecule has 28 heavy (non-hydrogen) atoms. The average molecular weight is 392 g/mol. The zero-order chi connectivity index (χ0) is 20.9. The first-order valence-electron chi connectivity index (χ1n) is 9.22. The van der Waals surface area contributed by atoms with Gasteiger partial charge >= 0.3 is 6.09 Å². The van der Waals surface area contributed by atoms with Gasteiger partial charge in [-0.15, -0.1) is 0 Å². The van der Waals surface area contributed by atoms with Crippen molar-refractivity contribution in [3.8, 4) is 6.07 Å². The number of methoxy groups -OCH3 is 1. The minimum atomic E-state index is -0.748. The maximum Gasteiger partial charge on any atom is 0.419 e. The number of nitrogens with one attached hydrogen (secondary N) is 1. The van der Waals surface area contributed by atoms with E-state index >= 15 is 0 Å².